The van der Waals surface area contributed by atoms with E-state index in [-0.39, 0.29) is 17.5 Å². The number of hydrogen-bond donors (Lipinski definition) is 1. The molecule has 192 valence electrons. The van der Waals surface area contributed by atoms with Gasteiger partial charge in [0.1, 0.15) is 11.5 Å². The average Bonchev–Trinajstić information content (AvgIpc) is 3.66. The summed E-state index contributed by atoms with van der Waals surface area (Å²) in [6.45, 7) is 2.02. The van der Waals surface area contributed by atoms with Crippen LogP contribution in [0, 0.1) is 5.92 Å². The molecule has 4 aromatic rings. The third-order valence-corrected chi connectivity index (χ3v) is 9.46. The van der Waals surface area contributed by atoms with E-state index in [0.717, 1.165) is 22.4 Å². The van der Waals surface area contributed by atoms with E-state index in [0.29, 0.717) is 21.2 Å². The molecule has 1 spiro atoms. The highest BCUT2D eigenvalue weighted by molar-refractivity contribution is 7.12. The van der Waals surface area contributed by atoms with Crippen molar-refractivity contribution in [2.45, 2.75) is 24.4 Å². The predicted molar refractivity (Wildman–Crippen MR) is 155 cm³/mol. The summed E-state index contributed by atoms with van der Waals surface area (Å²) in [6.07, 6.45) is 2.06. The monoisotopic (exact) mass is 550 g/mol. The van der Waals surface area contributed by atoms with Crippen LogP contribution in [-0.4, -0.2) is 29.6 Å². The highest BCUT2D eigenvalue weighted by Gasteiger charge is 2.70. The van der Waals surface area contributed by atoms with Gasteiger partial charge in [-0.25, -0.2) is 0 Å². The smallest absolute Gasteiger partial charge is 0.238 e. The molecule has 0 radical (unpaired) electrons. The Hall–Kier alpha value is -4.00. The number of benzene rings is 3. The summed E-state index contributed by atoms with van der Waals surface area (Å²) in [5.74, 6) is -1.68. The van der Waals surface area contributed by atoms with Crippen LogP contribution in [0.25, 0.3) is 5.57 Å². The first kappa shape index (κ1) is 24.1. The van der Waals surface area contributed by atoms with Gasteiger partial charge in [0.2, 0.25) is 5.91 Å². The van der Waals surface area contributed by atoms with Gasteiger partial charge in [0, 0.05) is 27.5 Å². The molecule has 7 heteroatoms. The van der Waals surface area contributed by atoms with Crippen molar-refractivity contribution in [3.05, 3.63) is 123 Å². The molecular weight excluding hydrogens is 528 g/mol. The van der Waals surface area contributed by atoms with E-state index in [1.807, 2.05) is 71.8 Å². The minimum absolute atomic E-state index is 0.167. The third-order valence-electron chi connectivity index (χ3n) is 8.33. The van der Waals surface area contributed by atoms with E-state index in [4.69, 9.17) is 11.6 Å². The molecule has 3 aliphatic rings. The van der Waals surface area contributed by atoms with Gasteiger partial charge in [-0.2, -0.15) is 0 Å². The number of carbonyl (C=O) groups excluding carboxylic acids is 3. The van der Waals surface area contributed by atoms with Gasteiger partial charge in [-0.05, 0) is 65.9 Å². The van der Waals surface area contributed by atoms with Crippen LogP contribution in [0.5, 0.6) is 0 Å². The summed E-state index contributed by atoms with van der Waals surface area (Å²) >= 11 is 7.51. The molecule has 3 aliphatic heterocycles. The number of fused-ring (bicyclic) bond motifs is 6. The Labute approximate surface area is 234 Å². The quantitative estimate of drug-likeness (QED) is 0.289. The van der Waals surface area contributed by atoms with E-state index in [1.165, 1.54) is 11.3 Å². The minimum atomic E-state index is -1.32. The van der Waals surface area contributed by atoms with Crippen molar-refractivity contribution >= 4 is 57.4 Å². The lowest BCUT2D eigenvalue weighted by Gasteiger charge is -2.39. The van der Waals surface area contributed by atoms with Gasteiger partial charge in [0.25, 0.3) is 0 Å². The molecule has 1 saturated heterocycles. The van der Waals surface area contributed by atoms with Crippen LogP contribution in [0.3, 0.4) is 0 Å². The van der Waals surface area contributed by atoms with Crippen LogP contribution < -0.4 is 10.2 Å². The molecule has 0 aliphatic carbocycles. The highest BCUT2D eigenvalue weighted by Crippen LogP contribution is 2.58. The maximum absolute atomic E-state index is 14.7. The van der Waals surface area contributed by atoms with Crippen molar-refractivity contribution in [2.24, 2.45) is 5.92 Å². The van der Waals surface area contributed by atoms with Crippen molar-refractivity contribution in [3.8, 4) is 0 Å². The fourth-order valence-electron chi connectivity index (χ4n) is 6.75. The second-order valence-corrected chi connectivity index (χ2v) is 11.6. The maximum atomic E-state index is 14.7. The van der Waals surface area contributed by atoms with Gasteiger partial charge in [-0.15, -0.1) is 11.3 Å². The lowest BCUT2D eigenvalue weighted by atomic mass is 9.64. The Balaban J connectivity index is 1.56. The number of nitrogens with one attached hydrogen (secondary N) is 1. The number of carbonyl (C=O) groups is 3. The van der Waals surface area contributed by atoms with E-state index in [2.05, 4.69) is 11.4 Å². The van der Waals surface area contributed by atoms with Crippen LogP contribution in [0.15, 0.2) is 96.4 Å². The molecule has 1 amide bonds. The summed E-state index contributed by atoms with van der Waals surface area (Å²) in [5, 5.41) is 5.43. The van der Waals surface area contributed by atoms with Crippen molar-refractivity contribution in [2.75, 3.05) is 10.2 Å². The van der Waals surface area contributed by atoms with Crippen molar-refractivity contribution < 1.29 is 14.4 Å². The van der Waals surface area contributed by atoms with Gasteiger partial charge < -0.3 is 10.2 Å². The first-order valence-electron chi connectivity index (χ1n) is 12.8. The molecule has 0 bridgehead atoms. The van der Waals surface area contributed by atoms with Crippen LogP contribution in [0.1, 0.15) is 38.1 Å². The number of rotatable bonds is 4. The summed E-state index contributed by atoms with van der Waals surface area (Å²) in [5.41, 5.74) is 3.34. The van der Waals surface area contributed by atoms with E-state index in [9.17, 15) is 14.4 Å². The highest BCUT2D eigenvalue weighted by atomic mass is 35.5. The molecule has 0 saturated carbocycles. The lowest BCUT2D eigenvalue weighted by Crippen LogP contribution is -2.51. The lowest BCUT2D eigenvalue weighted by molar-refractivity contribution is -0.121. The zero-order valence-corrected chi connectivity index (χ0v) is 22.5. The number of para-hydroxylation sites is 2. The third kappa shape index (κ3) is 3.28. The number of thiophene rings is 1. The number of ketones is 2. The predicted octanol–water partition coefficient (Wildman–Crippen LogP) is 6.65. The Bertz CT molecular complexity index is 1690. The van der Waals surface area contributed by atoms with Crippen LogP contribution in [0.2, 0.25) is 5.02 Å². The molecular formula is C32H23ClN2O3S. The number of Topliss-reactive ketones (excluding diaryl/α,β-unsaturated/α-hetero) is 2. The van der Waals surface area contributed by atoms with Crippen LogP contribution in [0.4, 0.5) is 11.4 Å². The summed E-state index contributed by atoms with van der Waals surface area (Å²) in [4.78, 5) is 46.1. The minimum Gasteiger partial charge on any atom is -0.352 e. The molecule has 39 heavy (non-hydrogen) atoms. The summed E-state index contributed by atoms with van der Waals surface area (Å²) in [7, 11) is 0. The molecule has 5 nitrogen and oxygen atoms in total. The zero-order chi connectivity index (χ0) is 26.9. The SMILES string of the molecule is CC1=C[C@@H]2N(c3ccccc31)[C@H](C(=O)c1cccs1)[C@@H](C(=O)c1ccc(Cl)cc1)[C@@]21C(=O)Nc2ccccc21. The van der Waals surface area contributed by atoms with Gasteiger partial charge in [-0.1, -0.05) is 60.1 Å². The van der Waals surface area contributed by atoms with Crippen molar-refractivity contribution in [1.29, 1.82) is 0 Å². The average molecular weight is 551 g/mol. The summed E-state index contributed by atoms with van der Waals surface area (Å²) in [6, 6.07) is 24.3. The van der Waals surface area contributed by atoms with Gasteiger partial charge in [0.05, 0.1) is 16.8 Å². The number of amides is 1. The van der Waals surface area contributed by atoms with E-state index in [1.54, 1.807) is 30.3 Å². The summed E-state index contributed by atoms with van der Waals surface area (Å²) < 4.78 is 0. The Kier molecular flexibility index (Phi) is 5.41. The van der Waals surface area contributed by atoms with Gasteiger partial charge >= 0.3 is 0 Å². The number of nitrogens with zero attached hydrogens (tertiary/aromatic N) is 1. The van der Waals surface area contributed by atoms with Gasteiger partial charge in [-0.3, -0.25) is 14.4 Å². The number of allylic oxidation sites excluding steroid dienone is 1. The molecule has 1 N–H and O–H groups in total. The normalized spacial score (nSPS) is 24.6. The number of halogens is 1. The fraction of sp³-hybridized carbons (Fsp3) is 0.156. The van der Waals surface area contributed by atoms with Crippen LogP contribution >= 0.6 is 22.9 Å². The topological polar surface area (TPSA) is 66.5 Å². The Morgan fingerprint density at radius 2 is 1.67 bits per heavy atom. The fourth-order valence-corrected chi connectivity index (χ4v) is 7.57. The first-order valence-corrected chi connectivity index (χ1v) is 14.0. The largest absolute Gasteiger partial charge is 0.352 e. The standard InChI is InChI=1S/C32H23ClN2O3S/c1-18-17-26-32(22-8-3-4-9-23(22)34-31(32)38)27(29(36)19-12-14-20(33)15-13-19)28(30(37)25-11-6-16-39-25)35(26)24-10-5-2-7-21(18)24/h2-17,26-28H,1H3,(H,34,38)/t26-,27-,28-,32-/m0/s1. The van der Waals surface area contributed by atoms with Crippen molar-refractivity contribution in [3.63, 3.8) is 0 Å². The second-order valence-electron chi connectivity index (χ2n) is 10.2. The molecule has 1 fully saturated rings. The number of hydrogen-bond acceptors (Lipinski definition) is 5. The Morgan fingerprint density at radius 3 is 2.44 bits per heavy atom. The van der Waals surface area contributed by atoms with E-state index < -0.39 is 23.4 Å². The molecule has 4 heterocycles. The molecule has 1 aromatic heterocycles. The van der Waals surface area contributed by atoms with E-state index >= 15 is 0 Å². The molecule has 0 unspecified atom stereocenters. The van der Waals surface area contributed by atoms with Gasteiger partial charge in [0.15, 0.2) is 11.6 Å². The zero-order valence-electron chi connectivity index (χ0n) is 20.9. The van der Waals surface area contributed by atoms with Crippen LogP contribution in [-0.2, 0) is 10.2 Å². The molecule has 3 aromatic carbocycles. The second kappa shape index (κ2) is 8.76. The first-order chi connectivity index (χ1) is 18.9. The molecule has 4 atom stereocenters. The number of anilines is 2. The maximum Gasteiger partial charge on any atom is 0.238 e. The molecule has 7 rings (SSSR count). The Morgan fingerprint density at radius 1 is 0.923 bits per heavy atom. The van der Waals surface area contributed by atoms with Crippen molar-refractivity contribution in [1.82, 2.24) is 0 Å².